The molecule has 0 saturated carbocycles. The van der Waals surface area contributed by atoms with Crippen molar-refractivity contribution in [2.24, 2.45) is 0 Å². The number of rotatable bonds is 6. The Morgan fingerprint density at radius 3 is 2.41 bits per heavy atom. The predicted octanol–water partition coefficient (Wildman–Crippen LogP) is 5.47. The second kappa shape index (κ2) is 8.36. The fourth-order valence-electron chi connectivity index (χ4n) is 3.13. The van der Waals surface area contributed by atoms with Crippen LogP contribution in [0.5, 0.6) is 11.5 Å². The number of carbonyl (C=O) groups excluding carboxylic acids is 1. The van der Waals surface area contributed by atoms with E-state index in [1.54, 1.807) is 24.3 Å². The van der Waals surface area contributed by atoms with Crippen LogP contribution >= 0.6 is 15.9 Å². The van der Waals surface area contributed by atoms with Crippen LogP contribution in [0.4, 0.5) is 13.2 Å². The lowest BCUT2D eigenvalue weighted by Gasteiger charge is -2.12. The molecule has 5 nitrogen and oxygen atoms in total. The first-order valence-corrected chi connectivity index (χ1v) is 9.56. The van der Waals surface area contributed by atoms with Gasteiger partial charge in [0.1, 0.15) is 5.52 Å². The SMILES string of the molecule is COc1ccc(-c2[nH]c3ccc(C(=O)OCBr)cc3c2CC(F)(F)F)cc1OC. The number of nitrogens with one attached hydrogen (secondary N) is 1. The lowest BCUT2D eigenvalue weighted by atomic mass is 10.0. The molecule has 2 aromatic carbocycles. The molecule has 0 spiro atoms. The van der Waals surface area contributed by atoms with Crippen molar-refractivity contribution in [3.8, 4) is 22.8 Å². The average Bonchev–Trinajstić information content (AvgIpc) is 3.03. The van der Waals surface area contributed by atoms with Crippen molar-refractivity contribution in [3.63, 3.8) is 0 Å². The normalized spacial score (nSPS) is 11.5. The van der Waals surface area contributed by atoms with Crippen LogP contribution in [0.2, 0.25) is 0 Å². The Hall–Kier alpha value is -2.68. The maximum Gasteiger partial charge on any atom is 0.393 e. The minimum atomic E-state index is -4.44. The third kappa shape index (κ3) is 4.50. The van der Waals surface area contributed by atoms with Gasteiger partial charge in [-0.25, -0.2) is 4.79 Å². The van der Waals surface area contributed by atoms with Gasteiger partial charge < -0.3 is 19.2 Å². The number of benzene rings is 2. The predicted molar refractivity (Wildman–Crippen MR) is 106 cm³/mol. The molecular weight excluding hydrogens is 455 g/mol. The summed E-state index contributed by atoms with van der Waals surface area (Å²) < 4.78 is 55.3. The fraction of sp³-hybridized carbons (Fsp3) is 0.250. The summed E-state index contributed by atoms with van der Waals surface area (Å²) in [6, 6.07) is 9.33. The molecule has 0 bridgehead atoms. The van der Waals surface area contributed by atoms with Gasteiger partial charge in [-0.15, -0.1) is 0 Å². The van der Waals surface area contributed by atoms with Gasteiger partial charge in [-0.1, -0.05) is 0 Å². The molecule has 0 amide bonds. The van der Waals surface area contributed by atoms with Crippen molar-refractivity contribution in [2.75, 3.05) is 19.7 Å². The summed E-state index contributed by atoms with van der Waals surface area (Å²) in [5.41, 5.74) is 1.46. The second-order valence-corrected chi connectivity index (χ2v) is 6.60. The van der Waals surface area contributed by atoms with E-state index in [9.17, 15) is 18.0 Å². The zero-order valence-corrected chi connectivity index (χ0v) is 17.1. The van der Waals surface area contributed by atoms with E-state index in [1.165, 1.54) is 26.4 Å². The van der Waals surface area contributed by atoms with Crippen molar-refractivity contribution >= 4 is 32.8 Å². The number of hydrogen-bond donors (Lipinski definition) is 1. The van der Waals surface area contributed by atoms with Crippen LogP contribution < -0.4 is 9.47 Å². The monoisotopic (exact) mass is 471 g/mol. The third-order valence-electron chi connectivity index (χ3n) is 4.38. The molecule has 0 aliphatic rings. The highest BCUT2D eigenvalue weighted by molar-refractivity contribution is 9.09. The standard InChI is InChI=1S/C20H17BrF3NO4/c1-27-16-6-4-11(8-17(16)28-2)18-14(9-20(22,23)24)13-7-12(19(26)29-10-21)3-5-15(13)25-18/h3-8,25H,9-10H2,1-2H3. The maximum absolute atomic E-state index is 13.3. The molecule has 0 fully saturated rings. The minimum absolute atomic E-state index is 0.0106. The summed E-state index contributed by atoms with van der Waals surface area (Å²) >= 11 is 2.99. The lowest BCUT2D eigenvalue weighted by molar-refractivity contribution is -0.126. The van der Waals surface area contributed by atoms with Gasteiger partial charge >= 0.3 is 12.1 Å². The highest BCUT2D eigenvalue weighted by Crippen LogP contribution is 2.38. The van der Waals surface area contributed by atoms with Gasteiger partial charge in [0, 0.05) is 16.5 Å². The van der Waals surface area contributed by atoms with Crippen LogP contribution in [0.3, 0.4) is 0 Å². The first-order valence-electron chi connectivity index (χ1n) is 8.44. The van der Waals surface area contributed by atoms with E-state index in [0.717, 1.165) is 0 Å². The molecule has 3 aromatic rings. The van der Waals surface area contributed by atoms with E-state index in [1.807, 2.05) is 0 Å². The smallest absolute Gasteiger partial charge is 0.393 e. The number of esters is 1. The highest BCUT2D eigenvalue weighted by Gasteiger charge is 2.31. The molecule has 0 unspecified atom stereocenters. The maximum atomic E-state index is 13.3. The average molecular weight is 472 g/mol. The van der Waals surface area contributed by atoms with Gasteiger partial charge in [0.25, 0.3) is 0 Å². The Labute approximate surface area is 172 Å². The molecule has 0 saturated heterocycles. The second-order valence-electron chi connectivity index (χ2n) is 6.14. The van der Waals surface area contributed by atoms with Gasteiger partial charge in [0.2, 0.25) is 0 Å². The molecule has 9 heteroatoms. The molecule has 154 valence electrons. The van der Waals surface area contributed by atoms with Gasteiger partial charge in [0.05, 0.1) is 31.9 Å². The number of carbonyl (C=O) groups is 1. The van der Waals surface area contributed by atoms with Crippen LogP contribution in [0.1, 0.15) is 15.9 Å². The minimum Gasteiger partial charge on any atom is -0.493 e. The summed E-state index contributed by atoms with van der Waals surface area (Å²) in [5.74, 6) is 0.225. The Bertz CT molecular complexity index is 1050. The Balaban J connectivity index is 2.20. The fourth-order valence-corrected chi connectivity index (χ4v) is 3.34. The van der Waals surface area contributed by atoms with Crippen LogP contribution in [0.25, 0.3) is 22.2 Å². The number of ether oxygens (including phenoxy) is 3. The molecule has 0 atom stereocenters. The lowest BCUT2D eigenvalue weighted by Crippen LogP contribution is -2.12. The van der Waals surface area contributed by atoms with Gasteiger partial charge in [-0.3, -0.25) is 0 Å². The highest BCUT2D eigenvalue weighted by atomic mass is 79.9. The molecule has 1 heterocycles. The molecule has 0 aliphatic carbocycles. The van der Waals surface area contributed by atoms with E-state index in [4.69, 9.17) is 14.2 Å². The van der Waals surface area contributed by atoms with E-state index < -0.39 is 18.6 Å². The number of methoxy groups -OCH3 is 2. The zero-order chi connectivity index (χ0) is 21.2. The van der Waals surface area contributed by atoms with E-state index in [2.05, 4.69) is 20.9 Å². The molecule has 0 aliphatic heterocycles. The van der Waals surface area contributed by atoms with E-state index >= 15 is 0 Å². The first-order chi connectivity index (χ1) is 13.8. The van der Waals surface area contributed by atoms with E-state index in [-0.39, 0.29) is 16.6 Å². The van der Waals surface area contributed by atoms with Crippen LogP contribution in [-0.4, -0.2) is 36.9 Å². The summed E-state index contributed by atoms with van der Waals surface area (Å²) in [6.45, 7) is 0. The van der Waals surface area contributed by atoms with Crippen molar-refractivity contribution < 1.29 is 32.2 Å². The van der Waals surface area contributed by atoms with Crippen LogP contribution in [-0.2, 0) is 11.2 Å². The quantitative estimate of drug-likeness (QED) is 0.382. The summed E-state index contributed by atoms with van der Waals surface area (Å²) in [4.78, 5) is 15.0. The van der Waals surface area contributed by atoms with E-state index in [0.29, 0.717) is 33.7 Å². The van der Waals surface area contributed by atoms with Crippen molar-refractivity contribution in [2.45, 2.75) is 12.6 Å². The van der Waals surface area contributed by atoms with Crippen molar-refractivity contribution in [3.05, 3.63) is 47.5 Å². The Morgan fingerprint density at radius 1 is 1.07 bits per heavy atom. The number of fused-ring (bicyclic) bond motifs is 1. The number of aromatic nitrogens is 1. The topological polar surface area (TPSA) is 60.6 Å². The summed E-state index contributed by atoms with van der Waals surface area (Å²) in [5, 5.41) is 0.302. The van der Waals surface area contributed by atoms with Crippen molar-refractivity contribution in [1.82, 2.24) is 4.98 Å². The number of alkyl halides is 4. The Morgan fingerprint density at radius 2 is 1.79 bits per heavy atom. The molecule has 0 radical (unpaired) electrons. The van der Waals surface area contributed by atoms with Gasteiger partial charge in [-0.2, -0.15) is 13.2 Å². The molecule has 3 rings (SSSR count). The Kier molecular flexibility index (Phi) is 6.07. The number of H-pyrrole nitrogens is 1. The summed E-state index contributed by atoms with van der Waals surface area (Å²) in [6.07, 6.45) is -5.60. The first kappa shape index (κ1) is 21.0. The van der Waals surface area contributed by atoms with Gasteiger partial charge in [0.15, 0.2) is 11.5 Å². The number of hydrogen-bond acceptors (Lipinski definition) is 4. The van der Waals surface area contributed by atoms with Crippen molar-refractivity contribution in [1.29, 1.82) is 0 Å². The zero-order valence-electron chi connectivity index (χ0n) is 15.5. The largest absolute Gasteiger partial charge is 0.493 e. The number of halogens is 4. The third-order valence-corrected chi connectivity index (χ3v) is 4.61. The molecule has 29 heavy (non-hydrogen) atoms. The van der Waals surface area contributed by atoms with Crippen LogP contribution in [0, 0.1) is 0 Å². The molecular formula is C20H17BrF3NO4. The molecule has 1 aromatic heterocycles. The van der Waals surface area contributed by atoms with Gasteiger partial charge in [-0.05, 0) is 57.9 Å². The van der Waals surface area contributed by atoms with Crippen LogP contribution in [0.15, 0.2) is 36.4 Å². The summed E-state index contributed by atoms with van der Waals surface area (Å²) in [7, 11) is 2.92. The number of aromatic amines is 1. The molecule has 1 N–H and O–H groups in total.